The van der Waals surface area contributed by atoms with E-state index in [0.29, 0.717) is 23.0 Å². The molecule has 25 heavy (non-hydrogen) atoms. The predicted molar refractivity (Wildman–Crippen MR) is 90.4 cm³/mol. The highest BCUT2D eigenvalue weighted by atomic mass is 16.4. The van der Waals surface area contributed by atoms with Crippen LogP contribution in [0.1, 0.15) is 11.5 Å². The summed E-state index contributed by atoms with van der Waals surface area (Å²) in [4.78, 5) is 27.4. The first kappa shape index (κ1) is 16.4. The van der Waals surface area contributed by atoms with E-state index in [2.05, 4.69) is 15.4 Å². The van der Waals surface area contributed by atoms with Crippen LogP contribution in [0, 0.1) is 6.92 Å². The van der Waals surface area contributed by atoms with Gasteiger partial charge >= 0.3 is 0 Å². The molecule has 128 valence electrons. The lowest BCUT2D eigenvalue weighted by molar-refractivity contribution is -0.118. The molecule has 0 saturated carbocycles. The minimum atomic E-state index is -0.507. The maximum atomic E-state index is 12.2. The van der Waals surface area contributed by atoms with Crippen molar-refractivity contribution >= 4 is 17.5 Å². The molecule has 0 unspecified atom stereocenters. The SMILES string of the molecule is Cc1oc(-c2ccccc2)nc1CC(=O)Nc1cnn(CC(N)=O)c1. The van der Waals surface area contributed by atoms with Crippen LogP contribution in [0.3, 0.4) is 0 Å². The van der Waals surface area contributed by atoms with Crippen molar-refractivity contribution in [3.8, 4) is 11.5 Å². The number of anilines is 1. The quantitative estimate of drug-likeness (QED) is 0.706. The molecule has 0 aliphatic rings. The Labute approximate surface area is 143 Å². The van der Waals surface area contributed by atoms with Crippen LogP contribution >= 0.6 is 0 Å². The Morgan fingerprint density at radius 1 is 1.28 bits per heavy atom. The summed E-state index contributed by atoms with van der Waals surface area (Å²) >= 11 is 0. The molecule has 3 N–H and O–H groups in total. The first-order chi connectivity index (χ1) is 12.0. The number of aromatic nitrogens is 3. The second kappa shape index (κ2) is 7.00. The summed E-state index contributed by atoms with van der Waals surface area (Å²) in [5.74, 6) is 0.316. The summed E-state index contributed by atoms with van der Waals surface area (Å²) in [6, 6.07) is 9.48. The van der Waals surface area contributed by atoms with Gasteiger partial charge in [0.25, 0.3) is 0 Å². The van der Waals surface area contributed by atoms with E-state index < -0.39 is 5.91 Å². The molecule has 0 aliphatic carbocycles. The van der Waals surface area contributed by atoms with E-state index >= 15 is 0 Å². The number of carbonyl (C=O) groups is 2. The van der Waals surface area contributed by atoms with Crippen molar-refractivity contribution in [2.75, 3.05) is 5.32 Å². The highest BCUT2D eigenvalue weighted by Gasteiger charge is 2.15. The van der Waals surface area contributed by atoms with Gasteiger partial charge in [0.05, 0.1) is 24.0 Å². The average Bonchev–Trinajstić information content (AvgIpc) is 3.15. The van der Waals surface area contributed by atoms with Crippen LogP contribution < -0.4 is 11.1 Å². The minimum absolute atomic E-state index is 0.0430. The van der Waals surface area contributed by atoms with Gasteiger partial charge in [0.2, 0.25) is 17.7 Å². The number of carbonyl (C=O) groups excluding carboxylic acids is 2. The summed E-state index contributed by atoms with van der Waals surface area (Å²) in [6.07, 6.45) is 3.06. The zero-order valence-corrected chi connectivity index (χ0v) is 13.6. The molecule has 3 rings (SSSR count). The minimum Gasteiger partial charge on any atom is -0.441 e. The number of nitrogens with one attached hydrogen (secondary N) is 1. The Hall–Kier alpha value is -3.42. The standard InChI is InChI=1S/C17H17N5O3/c1-11-14(21-17(25-11)12-5-3-2-4-6-12)7-16(24)20-13-8-19-22(9-13)10-15(18)23/h2-6,8-9H,7,10H2,1H3,(H2,18,23)(H,20,24). The van der Waals surface area contributed by atoms with Crippen LogP contribution in [-0.2, 0) is 22.6 Å². The molecule has 0 aliphatic heterocycles. The topological polar surface area (TPSA) is 116 Å². The van der Waals surface area contributed by atoms with Gasteiger partial charge in [0, 0.05) is 11.8 Å². The lowest BCUT2D eigenvalue weighted by Crippen LogP contribution is -2.19. The first-order valence-corrected chi connectivity index (χ1v) is 7.63. The smallest absolute Gasteiger partial charge is 0.239 e. The molecule has 0 radical (unpaired) electrons. The Bertz CT molecular complexity index is 898. The number of hydrogen-bond donors (Lipinski definition) is 2. The fourth-order valence-electron chi connectivity index (χ4n) is 2.33. The monoisotopic (exact) mass is 339 g/mol. The molecule has 8 heteroatoms. The number of rotatable bonds is 6. The first-order valence-electron chi connectivity index (χ1n) is 7.63. The molecular formula is C17H17N5O3. The molecule has 0 atom stereocenters. The molecule has 2 aromatic heterocycles. The lowest BCUT2D eigenvalue weighted by atomic mass is 10.2. The molecule has 0 saturated heterocycles. The van der Waals surface area contributed by atoms with Crippen LogP contribution in [0.4, 0.5) is 5.69 Å². The van der Waals surface area contributed by atoms with Crippen molar-refractivity contribution < 1.29 is 14.0 Å². The second-order valence-corrected chi connectivity index (χ2v) is 5.51. The van der Waals surface area contributed by atoms with Gasteiger partial charge in [0.15, 0.2) is 0 Å². The van der Waals surface area contributed by atoms with Crippen LogP contribution in [0.2, 0.25) is 0 Å². The Morgan fingerprint density at radius 3 is 2.76 bits per heavy atom. The van der Waals surface area contributed by atoms with Gasteiger partial charge in [-0.05, 0) is 19.1 Å². The number of nitrogens with two attached hydrogens (primary N) is 1. The third-order valence-electron chi connectivity index (χ3n) is 3.48. The van der Waals surface area contributed by atoms with Gasteiger partial charge < -0.3 is 15.5 Å². The maximum absolute atomic E-state index is 12.2. The molecule has 3 aromatic rings. The van der Waals surface area contributed by atoms with Crippen LogP contribution in [0.25, 0.3) is 11.5 Å². The van der Waals surface area contributed by atoms with Gasteiger partial charge in [0.1, 0.15) is 12.3 Å². The highest BCUT2D eigenvalue weighted by molar-refractivity contribution is 5.92. The predicted octanol–water partition coefficient (Wildman–Crippen LogP) is 1.51. The lowest BCUT2D eigenvalue weighted by Gasteiger charge is -2.00. The molecule has 0 spiro atoms. The van der Waals surface area contributed by atoms with Gasteiger partial charge in [-0.3, -0.25) is 14.3 Å². The van der Waals surface area contributed by atoms with E-state index in [1.165, 1.54) is 17.1 Å². The molecule has 0 fully saturated rings. The fraction of sp³-hybridized carbons (Fsp3) is 0.176. The molecule has 1 aromatic carbocycles. The van der Waals surface area contributed by atoms with E-state index in [1.54, 1.807) is 6.92 Å². The summed E-state index contributed by atoms with van der Waals surface area (Å²) < 4.78 is 6.99. The van der Waals surface area contributed by atoms with Gasteiger partial charge in [-0.25, -0.2) is 4.98 Å². The van der Waals surface area contributed by atoms with Gasteiger partial charge in [-0.15, -0.1) is 0 Å². The van der Waals surface area contributed by atoms with Crippen molar-refractivity contribution in [2.24, 2.45) is 5.73 Å². The third-order valence-corrected chi connectivity index (χ3v) is 3.48. The third kappa shape index (κ3) is 4.11. The summed E-state index contributed by atoms with van der Waals surface area (Å²) in [5, 5.41) is 6.65. The van der Waals surface area contributed by atoms with Gasteiger partial charge in [-0.1, -0.05) is 18.2 Å². The summed E-state index contributed by atoms with van der Waals surface area (Å²) in [7, 11) is 0. The normalized spacial score (nSPS) is 10.6. The van der Waals surface area contributed by atoms with Crippen molar-refractivity contribution in [3.05, 3.63) is 54.2 Å². The van der Waals surface area contributed by atoms with Crippen molar-refractivity contribution in [1.82, 2.24) is 14.8 Å². The zero-order valence-electron chi connectivity index (χ0n) is 13.6. The Kier molecular flexibility index (Phi) is 4.60. The van der Waals surface area contributed by atoms with E-state index in [-0.39, 0.29) is 18.9 Å². The summed E-state index contributed by atoms with van der Waals surface area (Å²) in [5.41, 5.74) is 7.00. The number of hydrogen-bond acceptors (Lipinski definition) is 5. The van der Waals surface area contributed by atoms with Crippen LogP contribution in [-0.4, -0.2) is 26.6 Å². The van der Waals surface area contributed by atoms with E-state index in [0.717, 1.165) is 5.56 Å². The molecule has 8 nitrogen and oxygen atoms in total. The fourth-order valence-corrected chi connectivity index (χ4v) is 2.33. The van der Waals surface area contributed by atoms with Gasteiger partial charge in [-0.2, -0.15) is 5.10 Å². The van der Waals surface area contributed by atoms with Crippen molar-refractivity contribution in [2.45, 2.75) is 19.9 Å². The number of oxazole rings is 1. The maximum Gasteiger partial charge on any atom is 0.239 e. The molecule has 0 bridgehead atoms. The van der Waals surface area contributed by atoms with E-state index in [4.69, 9.17) is 10.2 Å². The number of nitrogens with zero attached hydrogens (tertiary/aromatic N) is 3. The van der Waals surface area contributed by atoms with E-state index in [1.807, 2.05) is 30.3 Å². The molecular weight excluding hydrogens is 322 g/mol. The van der Waals surface area contributed by atoms with Crippen molar-refractivity contribution in [1.29, 1.82) is 0 Å². The Morgan fingerprint density at radius 2 is 2.04 bits per heavy atom. The van der Waals surface area contributed by atoms with Crippen molar-refractivity contribution in [3.63, 3.8) is 0 Å². The van der Waals surface area contributed by atoms with Crippen LogP contribution in [0.15, 0.2) is 47.1 Å². The second-order valence-electron chi connectivity index (χ2n) is 5.51. The van der Waals surface area contributed by atoms with E-state index in [9.17, 15) is 9.59 Å². The highest BCUT2D eigenvalue weighted by Crippen LogP contribution is 2.21. The number of amides is 2. The average molecular weight is 339 g/mol. The number of benzene rings is 1. The zero-order chi connectivity index (χ0) is 17.8. The van der Waals surface area contributed by atoms with Crippen LogP contribution in [0.5, 0.6) is 0 Å². The Balaban J connectivity index is 1.66. The summed E-state index contributed by atoms with van der Waals surface area (Å²) in [6.45, 7) is 1.73. The number of aryl methyl sites for hydroxylation is 1. The molecule has 2 heterocycles. The molecule has 2 amide bonds. The number of primary amides is 1. The largest absolute Gasteiger partial charge is 0.441 e.